The van der Waals surface area contributed by atoms with E-state index >= 15 is 0 Å². The molecule has 3 N–H and O–H groups in total. The number of ether oxygens (including phenoxy) is 1. The lowest BCUT2D eigenvalue weighted by Crippen LogP contribution is -2.45. The molecule has 15 heavy (non-hydrogen) atoms. The number of rotatable bonds is 7. The lowest BCUT2D eigenvalue weighted by molar-refractivity contribution is -0.123. The Morgan fingerprint density at radius 1 is 1.60 bits per heavy atom. The molecule has 0 heterocycles. The van der Waals surface area contributed by atoms with Crippen molar-refractivity contribution in [2.45, 2.75) is 38.6 Å². The standard InChI is InChI=1S/C11H22N2O2/c1-3-4-11(5-6-11)8-13-10(14)9(12)7-15-2/h9H,3-8,12H2,1-2H3,(H,13,14). The molecule has 0 aromatic heterocycles. The molecule has 1 rings (SSSR count). The normalized spacial score (nSPS) is 19.7. The van der Waals surface area contributed by atoms with Crippen LogP contribution in [0.4, 0.5) is 0 Å². The Morgan fingerprint density at radius 2 is 2.27 bits per heavy atom. The third kappa shape index (κ3) is 3.80. The maximum atomic E-state index is 11.5. The molecule has 1 unspecified atom stereocenters. The average Bonchev–Trinajstić information content (AvgIpc) is 2.96. The summed E-state index contributed by atoms with van der Waals surface area (Å²) in [6, 6.07) is -0.535. The molecule has 0 bridgehead atoms. The van der Waals surface area contributed by atoms with Crippen molar-refractivity contribution in [1.29, 1.82) is 0 Å². The van der Waals surface area contributed by atoms with Gasteiger partial charge in [0.2, 0.25) is 5.91 Å². The van der Waals surface area contributed by atoms with E-state index in [-0.39, 0.29) is 12.5 Å². The van der Waals surface area contributed by atoms with Crippen molar-refractivity contribution >= 4 is 5.91 Å². The average molecular weight is 214 g/mol. The lowest BCUT2D eigenvalue weighted by atomic mass is 10.0. The summed E-state index contributed by atoms with van der Waals surface area (Å²) in [5.41, 5.74) is 6.00. The topological polar surface area (TPSA) is 64.4 Å². The van der Waals surface area contributed by atoms with Gasteiger partial charge in [-0.3, -0.25) is 4.79 Å². The molecule has 1 amide bonds. The minimum atomic E-state index is -0.535. The number of hydrogen-bond acceptors (Lipinski definition) is 3. The van der Waals surface area contributed by atoms with Crippen LogP contribution in [0.2, 0.25) is 0 Å². The Balaban J connectivity index is 2.22. The third-order valence-electron chi connectivity index (χ3n) is 3.06. The second kappa shape index (κ2) is 5.47. The van der Waals surface area contributed by atoms with Crippen LogP contribution in [-0.2, 0) is 9.53 Å². The van der Waals surface area contributed by atoms with E-state index in [4.69, 9.17) is 10.5 Å². The second-order valence-electron chi connectivity index (χ2n) is 4.53. The molecule has 0 aliphatic heterocycles. The summed E-state index contributed by atoms with van der Waals surface area (Å²) in [4.78, 5) is 11.5. The van der Waals surface area contributed by atoms with Crippen molar-refractivity contribution < 1.29 is 9.53 Å². The highest BCUT2D eigenvalue weighted by Crippen LogP contribution is 2.48. The zero-order valence-corrected chi connectivity index (χ0v) is 9.71. The van der Waals surface area contributed by atoms with E-state index in [0.29, 0.717) is 5.41 Å². The van der Waals surface area contributed by atoms with Gasteiger partial charge in [0.05, 0.1) is 6.61 Å². The summed E-state index contributed by atoms with van der Waals surface area (Å²) in [7, 11) is 1.55. The van der Waals surface area contributed by atoms with Gasteiger partial charge in [0, 0.05) is 13.7 Å². The van der Waals surface area contributed by atoms with Crippen LogP contribution >= 0.6 is 0 Å². The molecule has 4 heteroatoms. The zero-order chi connectivity index (χ0) is 11.3. The molecular weight excluding hydrogens is 192 g/mol. The highest BCUT2D eigenvalue weighted by molar-refractivity contribution is 5.81. The minimum Gasteiger partial charge on any atom is -0.383 e. The molecule has 1 aliphatic carbocycles. The molecule has 0 aromatic rings. The van der Waals surface area contributed by atoms with Gasteiger partial charge in [-0.15, -0.1) is 0 Å². The van der Waals surface area contributed by atoms with Gasteiger partial charge in [-0.1, -0.05) is 13.3 Å². The highest BCUT2D eigenvalue weighted by atomic mass is 16.5. The van der Waals surface area contributed by atoms with Crippen LogP contribution in [0.5, 0.6) is 0 Å². The summed E-state index contributed by atoms with van der Waals surface area (Å²) >= 11 is 0. The molecule has 0 spiro atoms. The van der Waals surface area contributed by atoms with E-state index in [9.17, 15) is 4.79 Å². The maximum absolute atomic E-state index is 11.5. The molecular formula is C11H22N2O2. The summed E-state index contributed by atoms with van der Waals surface area (Å²) < 4.78 is 4.83. The molecule has 88 valence electrons. The molecule has 0 aromatic carbocycles. The van der Waals surface area contributed by atoms with Gasteiger partial charge in [0.25, 0.3) is 0 Å². The molecule has 1 aliphatic rings. The van der Waals surface area contributed by atoms with Gasteiger partial charge in [-0.2, -0.15) is 0 Å². The van der Waals surface area contributed by atoms with Gasteiger partial charge < -0.3 is 15.8 Å². The van der Waals surface area contributed by atoms with Crippen molar-refractivity contribution in [2.75, 3.05) is 20.3 Å². The summed E-state index contributed by atoms with van der Waals surface area (Å²) in [6.07, 6.45) is 4.86. The fourth-order valence-corrected chi connectivity index (χ4v) is 1.88. The zero-order valence-electron chi connectivity index (χ0n) is 9.71. The summed E-state index contributed by atoms with van der Waals surface area (Å²) in [5.74, 6) is -0.0979. The summed E-state index contributed by atoms with van der Waals surface area (Å²) in [5, 5.41) is 2.91. The molecule has 0 radical (unpaired) electrons. The Kier molecular flexibility index (Phi) is 4.54. The number of hydrogen-bond donors (Lipinski definition) is 2. The predicted molar refractivity (Wildman–Crippen MR) is 59.4 cm³/mol. The Bertz CT molecular complexity index is 215. The van der Waals surface area contributed by atoms with Crippen LogP contribution in [0.25, 0.3) is 0 Å². The van der Waals surface area contributed by atoms with E-state index < -0.39 is 6.04 Å². The first kappa shape index (κ1) is 12.5. The fourth-order valence-electron chi connectivity index (χ4n) is 1.88. The molecule has 4 nitrogen and oxygen atoms in total. The minimum absolute atomic E-state index is 0.0979. The number of amides is 1. The smallest absolute Gasteiger partial charge is 0.239 e. The molecule has 1 atom stereocenters. The number of nitrogens with one attached hydrogen (secondary N) is 1. The monoisotopic (exact) mass is 214 g/mol. The Labute approximate surface area is 91.5 Å². The van der Waals surface area contributed by atoms with E-state index in [2.05, 4.69) is 12.2 Å². The van der Waals surface area contributed by atoms with Crippen LogP contribution in [0, 0.1) is 5.41 Å². The van der Waals surface area contributed by atoms with Gasteiger partial charge in [-0.05, 0) is 24.7 Å². The van der Waals surface area contributed by atoms with Crippen molar-refractivity contribution in [3.63, 3.8) is 0 Å². The predicted octanol–water partition coefficient (Wildman–Crippen LogP) is 0.657. The van der Waals surface area contributed by atoms with Crippen LogP contribution in [0.3, 0.4) is 0 Å². The fraction of sp³-hybridized carbons (Fsp3) is 0.909. The van der Waals surface area contributed by atoms with Crippen molar-refractivity contribution in [3.05, 3.63) is 0 Å². The van der Waals surface area contributed by atoms with Crippen LogP contribution in [0.15, 0.2) is 0 Å². The largest absolute Gasteiger partial charge is 0.383 e. The molecule has 0 saturated heterocycles. The maximum Gasteiger partial charge on any atom is 0.239 e. The Morgan fingerprint density at radius 3 is 2.73 bits per heavy atom. The number of carbonyl (C=O) groups is 1. The van der Waals surface area contributed by atoms with E-state index in [1.807, 2.05) is 0 Å². The second-order valence-corrected chi connectivity index (χ2v) is 4.53. The lowest BCUT2D eigenvalue weighted by Gasteiger charge is -2.17. The SMILES string of the molecule is CCCC1(CNC(=O)C(N)COC)CC1. The molecule has 1 fully saturated rings. The van der Waals surface area contributed by atoms with Gasteiger partial charge in [-0.25, -0.2) is 0 Å². The number of nitrogens with two attached hydrogens (primary N) is 1. The highest BCUT2D eigenvalue weighted by Gasteiger charge is 2.41. The first-order chi connectivity index (χ1) is 7.13. The van der Waals surface area contributed by atoms with Crippen molar-refractivity contribution in [1.82, 2.24) is 5.32 Å². The summed E-state index contributed by atoms with van der Waals surface area (Å²) in [6.45, 7) is 3.24. The van der Waals surface area contributed by atoms with Crippen molar-refractivity contribution in [2.24, 2.45) is 11.1 Å². The van der Waals surface area contributed by atoms with Crippen molar-refractivity contribution in [3.8, 4) is 0 Å². The third-order valence-corrected chi connectivity index (χ3v) is 3.06. The van der Waals surface area contributed by atoms with Crippen LogP contribution in [-0.4, -0.2) is 32.2 Å². The number of carbonyl (C=O) groups excluding carboxylic acids is 1. The molecule has 1 saturated carbocycles. The number of methoxy groups -OCH3 is 1. The van der Waals surface area contributed by atoms with Crippen LogP contribution < -0.4 is 11.1 Å². The first-order valence-corrected chi connectivity index (χ1v) is 5.66. The van der Waals surface area contributed by atoms with Gasteiger partial charge in [0.15, 0.2) is 0 Å². The van der Waals surface area contributed by atoms with E-state index in [1.54, 1.807) is 7.11 Å². The quantitative estimate of drug-likeness (QED) is 0.654. The van der Waals surface area contributed by atoms with E-state index in [1.165, 1.54) is 25.7 Å². The van der Waals surface area contributed by atoms with E-state index in [0.717, 1.165) is 6.54 Å². The first-order valence-electron chi connectivity index (χ1n) is 5.66. The Hall–Kier alpha value is -0.610. The van der Waals surface area contributed by atoms with Gasteiger partial charge >= 0.3 is 0 Å². The van der Waals surface area contributed by atoms with Crippen LogP contribution in [0.1, 0.15) is 32.6 Å². The van der Waals surface area contributed by atoms with Gasteiger partial charge in [0.1, 0.15) is 6.04 Å².